The topological polar surface area (TPSA) is 41.3 Å². The van der Waals surface area contributed by atoms with Gasteiger partial charge in [0.05, 0.1) is 23.5 Å². The van der Waals surface area contributed by atoms with Crippen LogP contribution in [0.3, 0.4) is 0 Å². The van der Waals surface area contributed by atoms with Crippen LogP contribution in [-0.2, 0) is 12.1 Å². The van der Waals surface area contributed by atoms with Crippen molar-refractivity contribution in [3.63, 3.8) is 0 Å². The zero-order chi connectivity index (χ0) is 15.6. The van der Waals surface area contributed by atoms with Gasteiger partial charge >= 0.3 is 0 Å². The van der Waals surface area contributed by atoms with Crippen molar-refractivity contribution in [3.8, 4) is 0 Å². The van der Waals surface area contributed by atoms with Gasteiger partial charge in [-0.3, -0.25) is 4.68 Å². The Kier molecular flexibility index (Phi) is 5.33. The van der Waals surface area contributed by atoms with E-state index >= 15 is 0 Å². The molecule has 0 bridgehead atoms. The van der Waals surface area contributed by atoms with E-state index in [0.29, 0.717) is 16.9 Å². The molecule has 5 heteroatoms. The second-order valence-electron chi connectivity index (χ2n) is 6.98. The molecule has 1 heterocycles. The summed E-state index contributed by atoms with van der Waals surface area (Å²) in [5, 5.41) is 16.1. The van der Waals surface area contributed by atoms with Gasteiger partial charge in [-0.1, -0.05) is 25.4 Å². The summed E-state index contributed by atoms with van der Waals surface area (Å²) in [7, 11) is 4.07. The standard InChI is InChI=1S/C16H28ClN3O/c1-12(2)13-5-7-16(21,8-6-13)15-14(17)11-18-20(15)10-9-19(3)4/h11-13,21H,5-10H2,1-4H3. The van der Waals surface area contributed by atoms with Crippen LogP contribution in [0, 0.1) is 11.8 Å². The number of aromatic nitrogens is 2. The first-order valence-corrected chi connectivity index (χ1v) is 8.30. The summed E-state index contributed by atoms with van der Waals surface area (Å²) in [5.74, 6) is 1.39. The molecule has 0 radical (unpaired) electrons. The molecule has 1 aliphatic rings. The van der Waals surface area contributed by atoms with E-state index in [2.05, 4.69) is 23.8 Å². The Hall–Kier alpha value is -0.580. The number of likely N-dealkylation sites (N-methyl/N-ethyl adjacent to an activating group) is 1. The lowest BCUT2D eigenvalue weighted by atomic mass is 9.73. The van der Waals surface area contributed by atoms with Gasteiger partial charge < -0.3 is 10.0 Å². The summed E-state index contributed by atoms with van der Waals surface area (Å²) in [6.07, 6.45) is 5.35. The van der Waals surface area contributed by atoms with E-state index in [9.17, 15) is 5.11 Å². The van der Waals surface area contributed by atoms with Crippen molar-refractivity contribution in [2.75, 3.05) is 20.6 Å². The average Bonchev–Trinajstić information content (AvgIpc) is 2.78. The molecule has 0 unspecified atom stereocenters. The van der Waals surface area contributed by atoms with Gasteiger partial charge in [0.25, 0.3) is 0 Å². The SMILES string of the molecule is CC(C)C1CCC(O)(c2c(Cl)cnn2CCN(C)C)CC1. The Morgan fingerprint density at radius 1 is 1.43 bits per heavy atom. The van der Waals surface area contributed by atoms with Gasteiger partial charge in [0.2, 0.25) is 0 Å². The monoisotopic (exact) mass is 313 g/mol. The third-order valence-corrected chi connectivity index (χ3v) is 5.07. The molecule has 1 saturated carbocycles. The molecule has 1 aromatic heterocycles. The van der Waals surface area contributed by atoms with Crippen molar-refractivity contribution in [1.29, 1.82) is 0 Å². The predicted molar refractivity (Wildman–Crippen MR) is 86.5 cm³/mol. The molecule has 1 fully saturated rings. The number of nitrogens with zero attached hydrogens (tertiary/aromatic N) is 3. The smallest absolute Gasteiger partial charge is 0.108 e. The molecule has 21 heavy (non-hydrogen) atoms. The highest BCUT2D eigenvalue weighted by Gasteiger charge is 2.39. The Morgan fingerprint density at radius 2 is 2.05 bits per heavy atom. The molecule has 0 atom stereocenters. The zero-order valence-corrected chi connectivity index (χ0v) is 14.4. The second-order valence-corrected chi connectivity index (χ2v) is 7.39. The van der Waals surface area contributed by atoms with Crippen LogP contribution in [0.15, 0.2) is 6.20 Å². The quantitative estimate of drug-likeness (QED) is 0.908. The van der Waals surface area contributed by atoms with Crippen LogP contribution in [0.5, 0.6) is 0 Å². The van der Waals surface area contributed by atoms with E-state index in [4.69, 9.17) is 11.6 Å². The summed E-state index contributed by atoms with van der Waals surface area (Å²) < 4.78 is 1.89. The van der Waals surface area contributed by atoms with Gasteiger partial charge in [-0.05, 0) is 51.6 Å². The molecule has 0 aromatic carbocycles. The number of rotatable bonds is 5. The van der Waals surface area contributed by atoms with Crippen molar-refractivity contribution < 1.29 is 5.11 Å². The van der Waals surface area contributed by atoms with E-state index < -0.39 is 5.60 Å². The molecular formula is C16H28ClN3O. The minimum atomic E-state index is -0.814. The molecule has 120 valence electrons. The van der Waals surface area contributed by atoms with Crippen molar-refractivity contribution in [2.45, 2.75) is 51.7 Å². The molecule has 0 aliphatic heterocycles. The number of hydrogen-bond donors (Lipinski definition) is 1. The highest BCUT2D eigenvalue weighted by Crippen LogP contribution is 2.43. The van der Waals surface area contributed by atoms with Gasteiger partial charge in [0, 0.05) is 6.54 Å². The maximum atomic E-state index is 11.1. The van der Waals surface area contributed by atoms with Gasteiger partial charge in [0.1, 0.15) is 5.60 Å². The van der Waals surface area contributed by atoms with Crippen LogP contribution < -0.4 is 0 Å². The lowest BCUT2D eigenvalue weighted by molar-refractivity contribution is -0.0272. The molecule has 2 rings (SSSR count). The second kappa shape index (κ2) is 6.67. The fourth-order valence-electron chi connectivity index (χ4n) is 3.31. The number of hydrogen-bond acceptors (Lipinski definition) is 3. The minimum absolute atomic E-state index is 0.597. The number of halogens is 1. The predicted octanol–water partition coefficient (Wildman–Crippen LogP) is 3.13. The minimum Gasteiger partial charge on any atom is -0.384 e. The third-order valence-electron chi connectivity index (χ3n) is 4.79. The van der Waals surface area contributed by atoms with Gasteiger partial charge in [-0.15, -0.1) is 0 Å². The summed E-state index contributed by atoms with van der Waals surface area (Å²) in [6.45, 7) is 6.17. The number of aliphatic hydroxyl groups is 1. The van der Waals surface area contributed by atoms with E-state index in [-0.39, 0.29) is 0 Å². The molecule has 0 saturated heterocycles. The molecule has 1 aliphatic carbocycles. The fourth-order valence-corrected chi connectivity index (χ4v) is 3.63. The first-order valence-electron chi connectivity index (χ1n) is 7.92. The summed E-state index contributed by atoms with van der Waals surface area (Å²) in [4.78, 5) is 2.11. The first-order chi connectivity index (χ1) is 9.83. The highest BCUT2D eigenvalue weighted by molar-refractivity contribution is 6.31. The third kappa shape index (κ3) is 3.79. The van der Waals surface area contributed by atoms with Crippen molar-refractivity contribution in [2.24, 2.45) is 11.8 Å². The summed E-state index contributed by atoms with van der Waals surface area (Å²) in [6, 6.07) is 0. The van der Waals surface area contributed by atoms with E-state index in [0.717, 1.165) is 44.5 Å². The molecule has 4 nitrogen and oxygen atoms in total. The van der Waals surface area contributed by atoms with Crippen LogP contribution in [-0.4, -0.2) is 40.4 Å². The van der Waals surface area contributed by atoms with E-state index in [1.807, 2.05) is 18.8 Å². The Morgan fingerprint density at radius 3 is 2.57 bits per heavy atom. The van der Waals surface area contributed by atoms with Crippen LogP contribution >= 0.6 is 11.6 Å². The average molecular weight is 314 g/mol. The zero-order valence-electron chi connectivity index (χ0n) is 13.6. The molecule has 1 aromatic rings. The van der Waals surface area contributed by atoms with Crippen LogP contribution in [0.25, 0.3) is 0 Å². The Bertz CT molecular complexity index is 462. The Balaban J connectivity index is 2.15. The first kappa shape index (κ1) is 16.8. The highest BCUT2D eigenvalue weighted by atomic mass is 35.5. The molecular weight excluding hydrogens is 286 g/mol. The maximum absolute atomic E-state index is 11.1. The normalized spacial score (nSPS) is 26.8. The van der Waals surface area contributed by atoms with E-state index in [1.54, 1.807) is 6.20 Å². The Labute approximate surface area is 133 Å². The van der Waals surface area contributed by atoms with Crippen molar-refractivity contribution in [1.82, 2.24) is 14.7 Å². The van der Waals surface area contributed by atoms with Crippen molar-refractivity contribution in [3.05, 3.63) is 16.9 Å². The lowest BCUT2D eigenvalue weighted by Crippen LogP contribution is -2.36. The van der Waals surface area contributed by atoms with Crippen molar-refractivity contribution >= 4 is 11.6 Å². The largest absolute Gasteiger partial charge is 0.384 e. The van der Waals surface area contributed by atoms with Crippen LogP contribution in [0.1, 0.15) is 45.2 Å². The van der Waals surface area contributed by atoms with E-state index in [1.165, 1.54) is 0 Å². The van der Waals surface area contributed by atoms with Crippen LogP contribution in [0.4, 0.5) is 0 Å². The van der Waals surface area contributed by atoms with Gasteiger partial charge in [-0.2, -0.15) is 5.10 Å². The summed E-state index contributed by atoms with van der Waals surface area (Å²) in [5.41, 5.74) is -0.00103. The molecule has 0 amide bonds. The molecule has 0 spiro atoms. The van der Waals surface area contributed by atoms with Crippen LogP contribution in [0.2, 0.25) is 5.02 Å². The van der Waals surface area contributed by atoms with Gasteiger partial charge in [-0.25, -0.2) is 0 Å². The molecule has 1 N–H and O–H groups in total. The summed E-state index contributed by atoms with van der Waals surface area (Å²) >= 11 is 6.33. The maximum Gasteiger partial charge on any atom is 0.108 e. The van der Waals surface area contributed by atoms with Gasteiger partial charge in [0.15, 0.2) is 0 Å². The fraction of sp³-hybridized carbons (Fsp3) is 0.812. The lowest BCUT2D eigenvalue weighted by Gasteiger charge is -2.38.